The van der Waals surface area contributed by atoms with E-state index in [1.54, 1.807) is 69.3 Å². The van der Waals surface area contributed by atoms with Crippen LogP contribution in [0.25, 0.3) is 10.4 Å². The highest BCUT2D eigenvalue weighted by Gasteiger charge is 2.53. The van der Waals surface area contributed by atoms with Gasteiger partial charge < -0.3 is 24.6 Å². The maximum absolute atomic E-state index is 14.3. The van der Waals surface area contributed by atoms with E-state index in [1.165, 1.54) is 6.07 Å². The Labute approximate surface area is 271 Å². The van der Waals surface area contributed by atoms with E-state index in [2.05, 4.69) is 15.3 Å². The van der Waals surface area contributed by atoms with Gasteiger partial charge in [0.15, 0.2) is 23.3 Å². The Balaban J connectivity index is 1.78. The van der Waals surface area contributed by atoms with Gasteiger partial charge in [0.1, 0.15) is 11.4 Å². The standard InChI is InChI=1S/C34H37F2N5O6/c1-33(2,3)47-29(43)15-16-34(32(44)38-20-22-9-14-27(35)28(36)19-22)30(26-8-5-4-7-24(26)21-39-41-37)46-31(40-34)23-10-12-25(13-11-23)45-18-6-17-42/h4-5,7-14,19,30,42H,6,15-18,20-21H2,1-3H3,(H,38,44)/t30-,34-/m1/s1. The van der Waals surface area contributed by atoms with Gasteiger partial charge in [0.05, 0.1) is 13.2 Å². The molecule has 1 heterocycles. The number of esters is 1. The summed E-state index contributed by atoms with van der Waals surface area (Å²) in [5.74, 6) is -2.60. The summed E-state index contributed by atoms with van der Waals surface area (Å²) in [6, 6.07) is 17.1. The van der Waals surface area contributed by atoms with E-state index in [9.17, 15) is 18.4 Å². The first-order valence-electron chi connectivity index (χ1n) is 15.1. The number of aliphatic imine (C=N–C) groups is 1. The van der Waals surface area contributed by atoms with Crippen molar-refractivity contribution in [3.8, 4) is 5.75 Å². The van der Waals surface area contributed by atoms with Gasteiger partial charge in [0.2, 0.25) is 5.90 Å². The van der Waals surface area contributed by atoms with Crippen LogP contribution in [-0.4, -0.2) is 47.2 Å². The number of amides is 1. The SMILES string of the molecule is CC(C)(C)OC(=O)CC[C@@]1(C(=O)NCc2ccc(F)c(F)c2)N=C(c2ccc(OCCCO)cc2)O[C@@H]1c1ccccc1CN=[N+]=[N-]. The van der Waals surface area contributed by atoms with Crippen molar-refractivity contribution in [2.45, 2.75) is 70.4 Å². The van der Waals surface area contributed by atoms with Gasteiger partial charge >= 0.3 is 5.97 Å². The molecule has 3 aromatic rings. The van der Waals surface area contributed by atoms with Crippen molar-refractivity contribution in [3.63, 3.8) is 0 Å². The van der Waals surface area contributed by atoms with Crippen LogP contribution in [0.15, 0.2) is 76.8 Å². The van der Waals surface area contributed by atoms with Crippen molar-refractivity contribution in [3.05, 3.63) is 111 Å². The molecule has 1 aliphatic rings. The second-order valence-corrected chi connectivity index (χ2v) is 11.9. The van der Waals surface area contributed by atoms with Crippen molar-refractivity contribution in [1.29, 1.82) is 0 Å². The van der Waals surface area contributed by atoms with Crippen LogP contribution in [-0.2, 0) is 32.2 Å². The van der Waals surface area contributed by atoms with Crippen LogP contribution >= 0.6 is 0 Å². The Morgan fingerprint density at radius 3 is 2.53 bits per heavy atom. The van der Waals surface area contributed by atoms with Crippen LogP contribution in [0.2, 0.25) is 0 Å². The molecule has 1 aliphatic heterocycles. The molecule has 1 amide bonds. The minimum Gasteiger partial charge on any atom is -0.494 e. The molecule has 0 spiro atoms. The fourth-order valence-corrected chi connectivity index (χ4v) is 5.06. The van der Waals surface area contributed by atoms with Crippen molar-refractivity contribution < 1.29 is 37.7 Å². The van der Waals surface area contributed by atoms with Crippen LogP contribution < -0.4 is 10.1 Å². The summed E-state index contributed by atoms with van der Waals surface area (Å²) in [5.41, 5.74) is 8.42. The maximum atomic E-state index is 14.3. The first-order valence-corrected chi connectivity index (χ1v) is 15.1. The van der Waals surface area contributed by atoms with Crippen LogP contribution in [0.4, 0.5) is 8.78 Å². The summed E-state index contributed by atoms with van der Waals surface area (Å²) in [6.45, 7) is 5.31. The number of nitrogens with zero attached hydrogens (tertiary/aromatic N) is 4. The Hall–Kier alpha value is -5.00. The monoisotopic (exact) mass is 649 g/mol. The van der Waals surface area contributed by atoms with Crippen molar-refractivity contribution >= 4 is 17.8 Å². The number of hydrogen-bond acceptors (Lipinski definition) is 8. The second-order valence-electron chi connectivity index (χ2n) is 11.9. The number of ether oxygens (including phenoxy) is 3. The van der Waals surface area contributed by atoms with E-state index >= 15 is 0 Å². The zero-order chi connectivity index (χ0) is 34.0. The molecule has 0 bridgehead atoms. The molecule has 2 N–H and O–H groups in total. The number of rotatable bonds is 14. The quantitative estimate of drug-likeness (QED) is 0.0694. The van der Waals surface area contributed by atoms with Crippen molar-refractivity contribution in [1.82, 2.24) is 5.32 Å². The van der Waals surface area contributed by atoms with E-state index in [1.807, 2.05) is 0 Å². The number of carbonyl (C=O) groups excluding carboxylic acids is 2. The van der Waals surface area contributed by atoms with Crippen LogP contribution in [0, 0.1) is 11.6 Å². The molecule has 0 radical (unpaired) electrons. The van der Waals surface area contributed by atoms with Gasteiger partial charge in [-0.1, -0.05) is 35.4 Å². The number of nitrogens with one attached hydrogen (secondary N) is 1. The first kappa shape index (κ1) is 34.9. The normalized spacial score (nSPS) is 17.2. The molecule has 13 heteroatoms. The van der Waals surface area contributed by atoms with Gasteiger partial charge in [0.25, 0.3) is 5.91 Å². The molecule has 0 aliphatic carbocycles. The Morgan fingerprint density at radius 1 is 1.11 bits per heavy atom. The average molecular weight is 650 g/mol. The number of halogens is 2. The average Bonchev–Trinajstić information content (AvgIpc) is 3.43. The van der Waals surface area contributed by atoms with E-state index in [-0.39, 0.29) is 38.4 Å². The summed E-state index contributed by atoms with van der Waals surface area (Å²) >= 11 is 0. The highest BCUT2D eigenvalue weighted by Crippen LogP contribution is 2.44. The topological polar surface area (TPSA) is 155 Å². The van der Waals surface area contributed by atoms with Crippen molar-refractivity contribution in [2.24, 2.45) is 10.1 Å². The third-order valence-electron chi connectivity index (χ3n) is 7.24. The molecule has 2 atom stereocenters. The van der Waals surface area contributed by atoms with Crippen LogP contribution in [0.3, 0.4) is 0 Å². The molecular weight excluding hydrogens is 612 g/mol. The molecule has 4 rings (SSSR count). The zero-order valence-corrected chi connectivity index (χ0v) is 26.4. The lowest BCUT2D eigenvalue weighted by atomic mass is 9.81. The van der Waals surface area contributed by atoms with E-state index < -0.39 is 40.8 Å². The number of hydrogen-bond donors (Lipinski definition) is 2. The third kappa shape index (κ3) is 9.05. The zero-order valence-electron chi connectivity index (χ0n) is 26.4. The third-order valence-corrected chi connectivity index (χ3v) is 7.24. The minimum absolute atomic E-state index is 0.00515. The van der Waals surface area contributed by atoms with Crippen LogP contribution in [0.5, 0.6) is 5.75 Å². The second kappa shape index (κ2) is 15.5. The van der Waals surface area contributed by atoms with Crippen LogP contribution in [0.1, 0.15) is 68.4 Å². The van der Waals surface area contributed by atoms with Gasteiger partial charge in [-0.3, -0.25) is 9.59 Å². The highest BCUT2D eigenvalue weighted by molar-refractivity contribution is 6.01. The lowest BCUT2D eigenvalue weighted by molar-refractivity contribution is -0.155. The maximum Gasteiger partial charge on any atom is 0.306 e. The van der Waals surface area contributed by atoms with Gasteiger partial charge in [-0.25, -0.2) is 13.8 Å². The predicted octanol–water partition coefficient (Wildman–Crippen LogP) is 6.23. The Morgan fingerprint density at radius 2 is 1.85 bits per heavy atom. The summed E-state index contributed by atoms with van der Waals surface area (Å²) in [5, 5.41) is 15.5. The molecule has 0 saturated heterocycles. The summed E-state index contributed by atoms with van der Waals surface area (Å²) in [7, 11) is 0. The minimum atomic E-state index is -1.74. The summed E-state index contributed by atoms with van der Waals surface area (Å²) in [6.07, 6.45) is -0.968. The smallest absolute Gasteiger partial charge is 0.306 e. The molecule has 3 aromatic carbocycles. The van der Waals surface area contributed by atoms with E-state index in [0.717, 1.165) is 12.1 Å². The van der Waals surface area contributed by atoms with E-state index in [4.69, 9.17) is 29.8 Å². The number of aliphatic hydroxyl groups is 1. The van der Waals surface area contributed by atoms with Crippen molar-refractivity contribution in [2.75, 3.05) is 13.2 Å². The van der Waals surface area contributed by atoms with Gasteiger partial charge in [-0.15, -0.1) is 0 Å². The number of azide groups is 1. The Bertz CT molecular complexity index is 1650. The van der Waals surface area contributed by atoms with Gasteiger partial charge in [-0.05, 0) is 85.8 Å². The molecular formula is C34H37F2N5O6. The Kier molecular flexibility index (Phi) is 11.5. The first-order chi connectivity index (χ1) is 22.5. The summed E-state index contributed by atoms with van der Waals surface area (Å²) < 4.78 is 45.2. The fourth-order valence-electron chi connectivity index (χ4n) is 5.06. The molecule has 47 heavy (non-hydrogen) atoms. The number of carbonyl (C=O) groups is 2. The fraction of sp³-hybridized carbons (Fsp3) is 0.382. The molecule has 248 valence electrons. The molecule has 0 saturated carbocycles. The van der Waals surface area contributed by atoms with Gasteiger partial charge in [0, 0.05) is 36.5 Å². The molecule has 0 aromatic heterocycles. The summed E-state index contributed by atoms with van der Waals surface area (Å²) in [4.78, 5) is 35.0. The molecule has 0 unspecified atom stereocenters. The molecule has 0 fully saturated rings. The highest BCUT2D eigenvalue weighted by atomic mass is 19.2. The predicted molar refractivity (Wildman–Crippen MR) is 169 cm³/mol. The lowest BCUT2D eigenvalue weighted by Gasteiger charge is -2.32. The number of aliphatic hydroxyl groups excluding tert-OH is 1. The van der Waals surface area contributed by atoms with E-state index in [0.29, 0.717) is 41.0 Å². The largest absolute Gasteiger partial charge is 0.494 e. The molecule has 11 nitrogen and oxygen atoms in total. The lowest BCUT2D eigenvalue weighted by Crippen LogP contribution is -2.48. The number of benzene rings is 3. The van der Waals surface area contributed by atoms with Gasteiger partial charge in [-0.2, -0.15) is 0 Å².